The zero-order chi connectivity index (χ0) is 38.2. The number of esters is 4. The molecule has 6 rings (SSSR count). The molecule has 1 spiro atoms. The van der Waals surface area contributed by atoms with Crippen LogP contribution in [-0.4, -0.2) is 74.4 Å². The number of nitrogens with zero attached hydrogens (tertiary/aromatic N) is 1. The number of carbonyl (C=O) groups is 5. The average molecular weight is 774 g/mol. The first-order chi connectivity index (χ1) is 25.4. The van der Waals surface area contributed by atoms with Crippen molar-refractivity contribution < 1.29 is 47.7 Å². The van der Waals surface area contributed by atoms with Crippen LogP contribution >= 0.6 is 35.3 Å². The van der Waals surface area contributed by atoms with Gasteiger partial charge in [0.15, 0.2) is 0 Å². The quantitative estimate of drug-likeness (QED) is 0.172. The highest BCUT2D eigenvalue weighted by molar-refractivity contribution is 8.26. The van der Waals surface area contributed by atoms with E-state index in [9.17, 15) is 19.2 Å². The average Bonchev–Trinajstić information content (AvgIpc) is 3.57. The second-order valence-corrected chi connectivity index (χ2v) is 15.9. The van der Waals surface area contributed by atoms with E-state index in [1.807, 2.05) is 63.2 Å². The highest BCUT2D eigenvalue weighted by atomic mass is 32.2. The van der Waals surface area contributed by atoms with Crippen molar-refractivity contribution in [2.75, 3.05) is 39.9 Å². The zero-order valence-electron chi connectivity index (χ0n) is 29.9. The van der Waals surface area contributed by atoms with E-state index >= 15 is 4.79 Å². The maximum Gasteiger partial charge on any atom is 0.345 e. The number of ether oxygens (including phenoxy) is 5. The molecule has 53 heavy (non-hydrogen) atoms. The van der Waals surface area contributed by atoms with Gasteiger partial charge in [0.1, 0.15) is 24.5 Å². The van der Waals surface area contributed by atoms with Crippen LogP contribution in [-0.2, 0) is 38.1 Å². The van der Waals surface area contributed by atoms with E-state index in [0.29, 0.717) is 45.2 Å². The predicted molar refractivity (Wildman–Crippen MR) is 205 cm³/mol. The molecule has 3 aliphatic rings. The lowest BCUT2D eigenvalue weighted by Gasteiger charge is -2.50. The van der Waals surface area contributed by atoms with Gasteiger partial charge in [0.05, 0.1) is 51.8 Å². The third-order valence-electron chi connectivity index (χ3n) is 8.87. The van der Waals surface area contributed by atoms with Crippen LogP contribution in [0.2, 0.25) is 0 Å². The molecule has 0 unspecified atom stereocenters. The molecule has 3 aromatic carbocycles. The SMILES string of the molecule is CCOc1ccc2c(c1)N(C(=O)c1ccccc1-c1ccccc1)C(C)(C)C1=C2C2(SC(C(=O)OC)=C(C(=O)OC)S2)C(C(=O)OC)=C(C(=O)OC)S1. The molecule has 0 saturated carbocycles. The Morgan fingerprint density at radius 2 is 1.25 bits per heavy atom. The Morgan fingerprint density at radius 3 is 1.83 bits per heavy atom. The number of anilines is 1. The molecule has 0 aliphatic carbocycles. The van der Waals surface area contributed by atoms with E-state index in [1.54, 1.807) is 35.2 Å². The van der Waals surface area contributed by atoms with E-state index in [4.69, 9.17) is 23.7 Å². The molecule has 0 atom stereocenters. The summed E-state index contributed by atoms with van der Waals surface area (Å²) in [6, 6.07) is 22.1. The Morgan fingerprint density at radius 1 is 0.679 bits per heavy atom. The van der Waals surface area contributed by atoms with Gasteiger partial charge in [-0.1, -0.05) is 83.8 Å². The predicted octanol–water partition coefficient (Wildman–Crippen LogP) is 6.98. The fraction of sp³-hybridized carbons (Fsp3) is 0.256. The van der Waals surface area contributed by atoms with E-state index in [2.05, 4.69) is 0 Å². The molecule has 1 amide bonds. The standard InChI is InChI=1S/C39H35NO10S3/c1-8-50-22-18-19-25-26(20-22)40(33(41)24-17-13-12-16-23(24)21-14-10-9-11-15-21)38(2,3)32-27(25)39(28(34(42)46-4)29(51-32)35(43)47-5)52-30(36(44)48-6)31(53-39)37(45)49-7/h9-20H,8H2,1-7H3. The van der Waals surface area contributed by atoms with E-state index in [-0.39, 0.29) is 26.2 Å². The molecule has 0 saturated heterocycles. The molecule has 0 N–H and O–H groups in total. The lowest BCUT2D eigenvalue weighted by Crippen LogP contribution is -2.54. The maximum atomic E-state index is 15.2. The minimum Gasteiger partial charge on any atom is -0.494 e. The van der Waals surface area contributed by atoms with Crippen LogP contribution in [0.5, 0.6) is 5.75 Å². The van der Waals surface area contributed by atoms with E-state index in [0.717, 1.165) is 40.8 Å². The van der Waals surface area contributed by atoms with Gasteiger partial charge in [-0.05, 0) is 50.1 Å². The second-order valence-electron chi connectivity index (χ2n) is 12.2. The third kappa shape index (κ3) is 6.21. The summed E-state index contributed by atoms with van der Waals surface area (Å²) in [7, 11) is 4.69. The maximum absolute atomic E-state index is 15.2. The molecule has 14 heteroatoms. The Labute approximate surface area is 319 Å². The number of hydrogen-bond acceptors (Lipinski definition) is 13. The van der Waals surface area contributed by atoms with Gasteiger partial charge in [-0.25, -0.2) is 19.2 Å². The summed E-state index contributed by atoms with van der Waals surface area (Å²) in [6.07, 6.45) is 0. The number of methoxy groups -OCH3 is 4. The van der Waals surface area contributed by atoms with Gasteiger partial charge in [-0.2, -0.15) is 0 Å². The molecular weight excluding hydrogens is 739 g/mol. The van der Waals surface area contributed by atoms with Crippen molar-refractivity contribution in [3.63, 3.8) is 0 Å². The van der Waals surface area contributed by atoms with Crippen LogP contribution in [0.3, 0.4) is 0 Å². The van der Waals surface area contributed by atoms with Gasteiger partial charge in [0, 0.05) is 27.7 Å². The number of carbonyl (C=O) groups excluding carboxylic acids is 5. The lowest BCUT2D eigenvalue weighted by molar-refractivity contribution is -0.138. The molecule has 11 nitrogen and oxygen atoms in total. The van der Waals surface area contributed by atoms with Crippen molar-refractivity contribution in [3.05, 3.63) is 109 Å². The normalized spacial score (nSPS) is 16.8. The van der Waals surface area contributed by atoms with E-state index in [1.165, 1.54) is 28.4 Å². The molecule has 0 aromatic heterocycles. The number of thioether (sulfide) groups is 3. The van der Waals surface area contributed by atoms with Crippen molar-refractivity contribution in [1.82, 2.24) is 0 Å². The van der Waals surface area contributed by atoms with Crippen molar-refractivity contribution in [3.8, 4) is 16.9 Å². The minimum absolute atomic E-state index is 0.130. The van der Waals surface area contributed by atoms with E-state index < -0.39 is 33.5 Å². The number of hydrogen-bond donors (Lipinski definition) is 0. The fourth-order valence-electron chi connectivity index (χ4n) is 6.57. The summed E-state index contributed by atoms with van der Waals surface area (Å²) in [6.45, 7) is 5.86. The molecule has 0 radical (unpaired) electrons. The smallest absolute Gasteiger partial charge is 0.345 e. The number of rotatable bonds is 8. The molecular formula is C39H35NO10S3. The number of fused-ring (bicyclic) bond motifs is 3. The van der Waals surface area contributed by atoms with Crippen molar-refractivity contribution in [2.45, 2.75) is 30.4 Å². The van der Waals surface area contributed by atoms with Gasteiger partial charge >= 0.3 is 23.9 Å². The van der Waals surface area contributed by atoms with Gasteiger partial charge in [-0.15, -0.1) is 0 Å². The molecule has 0 fully saturated rings. The summed E-state index contributed by atoms with van der Waals surface area (Å²) >= 11 is 2.71. The first-order valence-corrected chi connectivity index (χ1v) is 18.7. The molecule has 3 heterocycles. The monoisotopic (exact) mass is 773 g/mol. The Kier molecular flexibility index (Phi) is 10.6. The zero-order valence-corrected chi connectivity index (χ0v) is 32.3. The highest BCUT2D eigenvalue weighted by Crippen LogP contribution is 2.71. The number of benzene rings is 3. The van der Waals surface area contributed by atoms with Gasteiger partial charge in [0.2, 0.25) is 0 Å². The van der Waals surface area contributed by atoms with Crippen LogP contribution in [0.4, 0.5) is 5.69 Å². The molecule has 274 valence electrons. The second kappa shape index (κ2) is 14.8. The third-order valence-corrected chi connectivity index (χ3v) is 13.5. The Hall–Kier alpha value is -4.92. The Bertz CT molecular complexity index is 2130. The first kappa shape index (κ1) is 37.8. The van der Waals surface area contributed by atoms with Crippen LogP contribution < -0.4 is 9.64 Å². The van der Waals surface area contributed by atoms with Gasteiger partial charge in [-0.3, -0.25) is 9.69 Å². The van der Waals surface area contributed by atoms with Gasteiger partial charge in [0.25, 0.3) is 5.91 Å². The molecule has 3 aliphatic heterocycles. The van der Waals surface area contributed by atoms with Crippen LogP contribution in [0.25, 0.3) is 16.7 Å². The fourth-order valence-corrected chi connectivity index (χ4v) is 11.6. The Balaban J connectivity index is 1.69. The largest absolute Gasteiger partial charge is 0.494 e. The van der Waals surface area contributed by atoms with Crippen molar-refractivity contribution in [1.29, 1.82) is 0 Å². The summed E-state index contributed by atoms with van der Waals surface area (Å²) < 4.78 is 24.9. The van der Waals surface area contributed by atoms with Crippen LogP contribution in [0.1, 0.15) is 36.7 Å². The minimum atomic E-state index is -1.71. The summed E-state index contributed by atoms with van der Waals surface area (Å²) in [5, 5.41) is 0. The highest BCUT2D eigenvalue weighted by Gasteiger charge is 2.62. The molecule has 0 bridgehead atoms. The van der Waals surface area contributed by atoms with Crippen molar-refractivity contribution >= 4 is 76.3 Å². The number of amides is 1. The summed E-state index contributed by atoms with van der Waals surface area (Å²) in [5.41, 5.74) is 1.97. The van der Waals surface area contributed by atoms with Crippen LogP contribution in [0, 0.1) is 0 Å². The lowest BCUT2D eigenvalue weighted by atomic mass is 9.82. The topological polar surface area (TPSA) is 135 Å². The first-order valence-electron chi connectivity index (χ1n) is 16.3. The van der Waals surface area contributed by atoms with Crippen molar-refractivity contribution in [2.24, 2.45) is 0 Å². The molecule has 3 aromatic rings. The summed E-state index contributed by atoms with van der Waals surface area (Å²) in [4.78, 5) is 71.4. The van der Waals surface area contributed by atoms with Crippen LogP contribution in [0.15, 0.2) is 98.0 Å². The summed E-state index contributed by atoms with van der Waals surface area (Å²) in [5.74, 6) is -3.30. The van der Waals surface area contributed by atoms with Gasteiger partial charge < -0.3 is 23.7 Å².